The summed E-state index contributed by atoms with van der Waals surface area (Å²) in [5.74, 6) is 0.282. The Morgan fingerprint density at radius 3 is 2.22 bits per heavy atom. The summed E-state index contributed by atoms with van der Waals surface area (Å²) in [6, 6.07) is 15.0. The summed E-state index contributed by atoms with van der Waals surface area (Å²) in [7, 11) is -3.85. The molecule has 0 aliphatic rings. The number of amides is 1. The molecule has 0 spiro atoms. The first kappa shape index (κ1) is 23.2. The Balaban J connectivity index is 1.66. The molecule has 0 saturated carbocycles. The molecule has 8 nitrogen and oxygen atoms in total. The molecule has 9 heteroatoms. The first-order valence-electron chi connectivity index (χ1n) is 10.0. The molecule has 3 rings (SSSR count). The zero-order valence-corrected chi connectivity index (χ0v) is 19.2. The smallest absolute Gasteiger partial charge is 0.265 e. The predicted molar refractivity (Wildman–Crippen MR) is 123 cm³/mol. The van der Waals surface area contributed by atoms with Crippen LogP contribution < -0.4 is 14.8 Å². The number of anilines is 2. The number of rotatable bonds is 7. The molecule has 2 N–H and O–H groups in total. The molecule has 1 atom stereocenters. The Morgan fingerprint density at radius 2 is 1.59 bits per heavy atom. The van der Waals surface area contributed by atoms with Crippen LogP contribution in [0.15, 0.2) is 71.9 Å². The van der Waals surface area contributed by atoms with Crippen molar-refractivity contribution in [1.29, 1.82) is 0 Å². The van der Waals surface area contributed by atoms with Crippen molar-refractivity contribution in [3.8, 4) is 5.75 Å². The third-order valence-corrected chi connectivity index (χ3v) is 5.94. The molecule has 168 valence electrons. The van der Waals surface area contributed by atoms with E-state index in [-0.39, 0.29) is 22.2 Å². The van der Waals surface area contributed by atoms with Gasteiger partial charge in [0.2, 0.25) is 5.95 Å². The SMILES string of the molecule is CC(Oc1ccccc1C(C)(C)C)C(=O)Nc1ccc(S(=O)(=O)Nc2ncccn2)cc1. The van der Waals surface area contributed by atoms with Crippen molar-refractivity contribution < 1.29 is 17.9 Å². The molecule has 3 aromatic rings. The monoisotopic (exact) mass is 454 g/mol. The van der Waals surface area contributed by atoms with E-state index < -0.39 is 16.1 Å². The van der Waals surface area contributed by atoms with Crippen molar-refractivity contribution in [1.82, 2.24) is 9.97 Å². The highest BCUT2D eigenvalue weighted by atomic mass is 32.2. The summed E-state index contributed by atoms with van der Waals surface area (Å²) in [6.07, 6.45) is 2.12. The molecular formula is C23H26N4O4S. The zero-order valence-electron chi connectivity index (χ0n) is 18.4. The first-order chi connectivity index (χ1) is 15.1. The Morgan fingerprint density at radius 1 is 0.969 bits per heavy atom. The largest absolute Gasteiger partial charge is 0.481 e. The van der Waals surface area contributed by atoms with Gasteiger partial charge in [-0.05, 0) is 54.3 Å². The zero-order chi connectivity index (χ0) is 23.4. The van der Waals surface area contributed by atoms with Gasteiger partial charge in [0.1, 0.15) is 5.75 Å². The molecule has 1 aromatic heterocycles. The lowest BCUT2D eigenvalue weighted by Crippen LogP contribution is -2.31. The minimum absolute atomic E-state index is 0.0198. The first-order valence-corrected chi connectivity index (χ1v) is 11.5. The molecule has 1 amide bonds. The maximum Gasteiger partial charge on any atom is 0.265 e. The molecule has 0 bridgehead atoms. The van der Waals surface area contributed by atoms with Crippen LogP contribution in [-0.4, -0.2) is 30.4 Å². The molecule has 0 aliphatic heterocycles. The maximum atomic E-state index is 12.6. The minimum Gasteiger partial charge on any atom is -0.481 e. The Hall–Kier alpha value is -3.46. The van der Waals surface area contributed by atoms with E-state index in [2.05, 4.69) is 40.8 Å². The van der Waals surface area contributed by atoms with Gasteiger partial charge in [-0.1, -0.05) is 39.0 Å². The molecule has 2 aromatic carbocycles. The lowest BCUT2D eigenvalue weighted by atomic mass is 9.86. The molecular weight excluding hydrogens is 428 g/mol. The number of benzene rings is 2. The lowest BCUT2D eigenvalue weighted by molar-refractivity contribution is -0.122. The van der Waals surface area contributed by atoms with Crippen molar-refractivity contribution in [3.05, 3.63) is 72.6 Å². The average Bonchev–Trinajstić information content (AvgIpc) is 2.74. The van der Waals surface area contributed by atoms with E-state index in [4.69, 9.17) is 4.74 Å². The molecule has 0 saturated heterocycles. The highest BCUT2D eigenvalue weighted by molar-refractivity contribution is 7.92. The van der Waals surface area contributed by atoms with Crippen LogP contribution in [0.5, 0.6) is 5.75 Å². The van der Waals surface area contributed by atoms with E-state index >= 15 is 0 Å². The van der Waals surface area contributed by atoms with Gasteiger partial charge in [-0.3, -0.25) is 4.79 Å². The second-order valence-corrected chi connectivity index (χ2v) is 9.88. The van der Waals surface area contributed by atoms with Gasteiger partial charge in [0, 0.05) is 18.1 Å². The lowest BCUT2D eigenvalue weighted by Gasteiger charge is -2.24. The fourth-order valence-corrected chi connectivity index (χ4v) is 3.88. The van der Waals surface area contributed by atoms with Gasteiger partial charge < -0.3 is 10.1 Å². The third kappa shape index (κ3) is 5.82. The number of carbonyl (C=O) groups excluding carboxylic acids is 1. The Kier molecular flexibility index (Phi) is 6.78. The van der Waals surface area contributed by atoms with E-state index in [0.717, 1.165) is 5.56 Å². The van der Waals surface area contributed by atoms with Gasteiger partial charge in [-0.25, -0.2) is 23.1 Å². The van der Waals surface area contributed by atoms with Crippen LogP contribution in [0.25, 0.3) is 0 Å². The fourth-order valence-electron chi connectivity index (χ4n) is 2.93. The normalized spacial score (nSPS) is 12.6. The minimum atomic E-state index is -3.85. The molecule has 1 heterocycles. The fraction of sp³-hybridized carbons (Fsp3) is 0.261. The molecule has 0 radical (unpaired) electrons. The topological polar surface area (TPSA) is 110 Å². The second kappa shape index (κ2) is 9.35. The highest BCUT2D eigenvalue weighted by Crippen LogP contribution is 2.31. The van der Waals surface area contributed by atoms with Crippen LogP contribution >= 0.6 is 0 Å². The van der Waals surface area contributed by atoms with Crippen molar-refractivity contribution in [3.63, 3.8) is 0 Å². The van der Waals surface area contributed by atoms with Crippen LogP contribution in [0.3, 0.4) is 0 Å². The van der Waals surface area contributed by atoms with E-state index in [1.165, 1.54) is 36.7 Å². The van der Waals surface area contributed by atoms with Crippen LogP contribution in [0.4, 0.5) is 11.6 Å². The maximum absolute atomic E-state index is 12.6. The molecule has 1 unspecified atom stereocenters. The van der Waals surface area contributed by atoms with E-state index in [0.29, 0.717) is 11.4 Å². The number of hydrogen-bond acceptors (Lipinski definition) is 6. The number of hydrogen-bond donors (Lipinski definition) is 2. The number of nitrogens with one attached hydrogen (secondary N) is 2. The third-order valence-electron chi connectivity index (χ3n) is 4.59. The van der Waals surface area contributed by atoms with Gasteiger partial charge in [0.15, 0.2) is 6.10 Å². The van der Waals surface area contributed by atoms with Crippen LogP contribution in [0.2, 0.25) is 0 Å². The number of para-hydroxylation sites is 1. The summed E-state index contributed by atoms with van der Waals surface area (Å²) >= 11 is 0. The van der Waals surface area contributed by atoms with Gasteiger partial charge in [-0.15, -0.1) is 0 Å². The van der Waals surface area contributed by atoms with Gasteiger partial charge >= 0.3 is 0 Å². The van der Waals surface area contributed by atoms with Gasteiger partial charge in [0.05, 0.1) is 4.90 Å². The number of sulfonamides is 1. The number of carbonyl (C=O) groups is 1. The predicted octanol–water partition coefficient (Wildman–Crippen LogP) is 3.98. The second-order valence-electron chi connectivity index (χ2n) is 8.20. The summed E-state index contributed by atoms with van der Waals surface area (Å²) in [6.45, 7) is 7.90. The van der Waals surface area contributed by atoms with Gasteiger partial charge in [-0.2, -0.15) is 0 Å². The van der Waals surface area contributed by atoms with Crippen molar-refractivity contribution in [2.24, 2.45) is 0 Å². The van der Waals surface area contributed by atoms with E-state index in [1.54, 1.807) is 13.0 Å². The number of nitrogens with zero attached hydrogens (tertiary/aromatic N) is 2. The quantitative estimate of drug-likeness (QED) is 0.559. The summed E-state index contributed by atoms with van der Waals surface area (Å²) in [5, 5.41) is 2.74. The highest BCUT2D eigenvalue weighted by Gasteiger charge is 2.22. The van der Waals surface area contributed by atoms with Crippen molar-refractivity contribution >= 4 is 27.6 Å². The van der Waals surface area contributed by atoms with E-state index in [9.17, 15) is 13.2 Å². The summed E-state index contributed by atoms with van der Waals surface area (Å²) in [5.41, 5.74) is 1.32. The van der Waals surface area contributed by atoms with Crippen molar-refractivity contribution in [2.45, 2.75) is 44.1 Å². The molecule has 0 fully saturated rings. The average molecular weight is 455 g/mol. The summed E-state index contributed by atoms with van der Waals surface area (Å²) < 4.78 is 33.1. The number of aromatic nitrogens is 2. The van der Waals surface area contributed by atoms with Crippen molar-refractivity contribution in [2.75, 3.05) is 10.0 Å². The van der Waals surface area contributed by atoms with Crippen LogP contribution in [0.1, 0.15) is 33.3 Å². The van der Waals surface area contributed by atoms with Gasteiger partial charge in [0.25, 0.3) is 15.9 Å². The van der Waals surface area contributed by atoms with E-state index in [1.807, 2.05) is 24.3 Å². The molecule has 32 heavy (non-hydrogen) atoms. The van der Waals surface area contributed by atoms with Crippen LogP contribution in [-0.2, 0) is 20.2 Å². The summed E-state index contributed by atoms with van der Waals surface area (Å²) in [4.78, 5) is 20.3. The Bertz CT molecular complexity index is 1170. The Labute approximate surface area is 188 Å². The molecule has 0 aliphatic carbocycles. The number of ether oxygens (including phenoxy) is 1. The van der Waals surface area contributed by atoms with Crippen LogP contribution in [0, 0.1) is 0 Å². The standard InChI is InChI=1S/C23H26N4O4S/c1-16(31-20-9-6-5-8-19(20)23(2,3)4)21(28)26-17-10-12-18(13-11-17)32(29,30)27-22-24-14-7-15-25-22/h5-16H,1-4H3,(H,26,28)(H,24,25,27).